The van der Waals surface area contributed by atoms with E-state index >= 15 is 0 Å². The lowest BCUT2D eigenvalue weighted by Gasteiger charge is -2.54. The number of rotatable bonds is 4. The van der Waals surface area contributed by atoms with E-state index in [9.17, 15) is 14.4 Å². The minimum absolute atomic E-state index is 0.225. The number of carbonyl (C=O) groups excluding carboxylic acids is 1. The van der Waals surface area contributed by atoms with Crippen molar-refractivity contribution in [1.82, 2.24) is 5.32 Å². The number of carbonyl (C=O) groups is 1. The molecule has 3 aromatic rings. The first-order chi connectivity index (χ1) is 15.0. The molecular formula is C27H23FN2O. The summed E-state index contributed by atoms with van der Waals surface area (Å²) >= 11 is 0. The number of amides is 1. The van der Waals surface area contributed by atoms with Crippen LogP contribution in [-0.4, -0.2) is 12.5 Å². The summed E-state index contributed by atoms with van der Waals surface area (Å²) in [5.74, 6) is -0.796. The Labute approximate surface area is 181 Å². The number of nitrogens with zero attached hydrogens (tertiary/aromatic N) is 1. The third kappa shape index (κ3) is 2.80. The molecule has 0 fully saturated rings. The van der Waals surface area contributed by atoms with Gasteiger partial charge in [-0.05, 0) is 52.8 Å². The fourth-order valence-corrected chi connectivity index (χ4v) is 5.69. The van der Waals surface area contributed by atoms with Gasteiger partial charge in [0.1, 0.15) is 11.2 Å². The molecule has 0 aliphatic heterocycles. The number of nitrogens with one attached hydrogen (secondary N) is 1. The lowest BCUT2D eigenvalue weighted by atomic mass is 9.47. The van der Waals surface area contributed by atoms with Gasteiger partial charge in [0.2, 0.25) is 5.91 Å². The van der Waals surface area contributed by atoms with Crippen molar-refractivity contribution in [3.8, 4) is 6.07 Å². The van der Waals surface area contributed by atoms with Crippen LogP contribution in [0.25, 0.3) is 0 Å². The molecule has 0 saturated carbocycles. The molecule has 3 nitrogen and oxygen atoms in total. The van der Waals surface area contributed by atoms with E-state index in [0.29, 0.717) is 19.4 Å². The zero-order valence-corrected chi connectivity index (χ0v) is 17.4. The van der Waals surface area contributed by atoms with Gasteiger partial charge >= 0.3 is 0 Å². The molecule has 2 bridgehead atoms. The Hall–Kier alpha value is -3.45. The zero-order chi connectivity index (χ0) is 21.6. The summed E-state index contributed by atoms with van der Waals surface area (Å²) in [5.41, 5.74) is 3.95. The van der Waals surface area contributed by atoms with Gasteiger partial charge in [-0.1, -0.05) is 67.6 Å². The van der Waals surface area contributed by atoms with Crippen molar-refractivity contribution < 1.29 is 9.18 Å². The fraction of sp³-hybridized carbons (Fsp3) is 0.259. The van der Waals surface area contributed by atoms with Gasteiger partial charge in [-0.2, -0.15) is 5.26 Å². The highest BCUT2D eigenvalue weighted by Crippen LogP contribution is 2.63. The first kappa shape index (κ1) is 19.5. The van der Waals surface area contributed by atoms with Crippen molar-refractivity contribution in [1.29, 1.82) is 5.26 Å². The smallest absolute Gasteiger partial charge is 0.241 e. The molecule has 31 heavy (non-hydrogen) atoms. The quantitative estimate of drug-likeness (QED) is 0.669. The number of halogens is 1. The molecule has 1 unspecified atom stereocenters. The van der Waals surface area contributed by atoms with Crippen molar-refractivity contribution in [2.75, 3.05) is 6.54 Å². The van der Waals surface area contributed by atoms with E-state index in [1.165, 1.54) is 23.3 Å². The Morgan fingerprint density at radius 3 is 2.19 bits per heavy atom. The normalized spacial score (nSPS) is 25.3. The van der Waals surface area contributed by atoms with Gasteiger partial charge in [0.25, 0.3) is 0 Å². The highest BCUT2D eigenvalue weighted by atomic mass is 19.1. The molecule has 3 aliphatic rings. The summed E-state index contributed by atoms with van der Waals surface area (Å²) in [6.07, 6.45) is 1.04. The van der Waals surface area contributed by atoms with Crippen LogP contribution >= 0.6 is 0 Å². The summed E-state index contributed by atoms with van der Waals surface area (Å²) in [7, 11) is 0. The van der Waals surface area contributed by atoms with Crippen molar-refractivity contribution in [3.63, 3.8) is 0 Å². The molecule has 3 aliphatic carbocycles. The van der Waals surface area contributed by atoms with Crippen LogP contribution in [0, 0.1) is 22.6 Å². The van der Waals surface area contributed by atoms with Gasteiger partial charge < -0.3 is 5.32 Å². The van der Waals surface area contributed by atoms with Crippen molar-refractivity contribution >= 4 is 5.91 Å². The van der Waals surface area contributed by atoms with E-state index in [4.69, 9.17) is 0 Å². The van der Waals surface area contributed by atoms with Crippen LogP contribution in [0.3, 0.4) is 0 Å². The van der Waals surface area contributed by atoms with Crippen molar-refractivity contribution in [2.24, 2.45) is 5.41 Å². The molecule has 0 heterocycles. The molecule has 154 valence electrons. The van der Waals surface area contributed by atoms with Crippen molar-refractivity contribution in [2.45, 2.75) is 31.1 Å². The van der Waals surface area contributed by atoms with Crippen LogP contribution in [0.1, 0.15) is 47.1 Å². The number of fused-ring (bicyclic) bond motifs is 1. The molecule has 0 radical (unpaired) electrons. The summed E-state index contributed by atoms with van der Waals surface area (Å²) in [6, 6.07) is 25.1. The highest BCUT2D eigenvalue weighted by molar-refractivity contribution is 5.90. The monoisotopic (exact) mass is 410 g/mol. The Morgan fingerprint density at radius 2 is 1.61 bits per heavy atom. The first-order valence-corrected chi connectivity index (χ1v) is 10.6. The maximum absolute atomic E-state index is 13.6. The second-order valence-corrected chi connectivity index (χ2v) is 8.83. The zero-order valence-electron chi connectivity index (χ0n) is 17.4. The molecule has 3 aromatic carbocycles. The standard InChI is InChI=1S/C27H23FN2O/c1-26-16-27(17-29,25(31)30-15-14-18-10-12-19(28)13-11-18)24(20-6-2-4-8-22(20)26)21-7-3-5-9-23(21)26/h2-13,24H,14-16H2,1H3,(H,30,31). The van der Waals surface area contributed by atoms with Gasteiger partial charge in [-0.25, -0.2) is 4.39 Å². The maximum atomic E-state index is 13.6. The molecule has 6 rings (SSSR count). The predicted molar refractivity (Wildman–Crippen MR) is 117 cm³/mol. The average Bonchev–Trinajstić information content (AvgIpc) is 2.80. The third-order valence-corrected chi connectivity index (χ3v) is 7.07. The molecule has 0 spiro atoms. The van der Waals surface area contributed by atoms with Gasteiger partial charge in [-0.15, -0.1) is 0 Å². The number of hydrogen-bond donors (Lipinski definition) is 1. The Kier molecular flexibility index (Phi) is 4.44. The molecule has 0 saturated heterocycles. The molecule has 4 heteroatoms. The van der Waals surface area contributed by atoms with E-state index in [0.717, 1.165) is 16.7 Å². The minimum Gasteiger partial charge on any atom is -0.354 e. The minimum atomic E-state index is -1.17. The summed E-state index contributed by atoms with van der Waals surface area (Å²) in [5, 5.41) is 13.4. The molecule has 1 atom stereocenters. The molecule has 0 aromatic heterocycles. The Morgan fingerprint density at radius 1 is 1.03 bits per heavy atom. The second kappa shape index (κ2) is 7.06. The lowest BCUT2D eigenvalue weighted by Crippen LogP contribution is -2.55. The van der Waals surface area contributed by atoms with E-state index < -0.39 is 10.8 Å². The van der Waals surface area contributed by atoms with E-state index in [1.807, 2.05) is 24.3 Å². The summed E-state index contributed by atoms with van der Waals surface area (Å²) in [6.45, 7) is 2.55. The first-order valence-electron chi connectivity index (χ1n) is 10.6. The number of nitriles is 1. The predicted octanol–water partition coefficient (Wildman–Crippen LogP) is 4.85. The van der Waals surface area contributed by atoms with Crippen LogP contribution in [0.15, 0.2) is 72.8 Å². The average molecular weight is 410 g/mol. The Bertz CT molecular complexity index is 1160. The SMILES string of the molecule is CC12CC(C#N)(C(=O)NCCc3ccc(F)cc3)C(c3ccccc31)c1ccccc12. The lowest BCUT2D eigenvalue weighted by molar-refractivity contribution is -0.130. The summed E-state index contributed by atoms with van der Waals surface area (Å²) in [4.78, 5) is 13.6. The fourth-order valence-electron chi connectivity index (χ4n) is 5.69. The van der Waals surface area contributed by atoms with E-state index in [1.54, 1.807) is 12.1 Å². The molecule has 1 N–H and O–H groups in total. The van der Waals surface area contributed by atoms with Crippen LogP contribution in [0.2, 0.25) is 0 Å². The van der Waals surface area contributed by atoms with Crippen LogP contribution in [0.4, 0.5) is 4.39 Å². The van der Waals surface area contributed by atoms with Crippen molar-refractivity contribution in [3.05, 3.63) is 106 Å². The van der Waals surface area contributed by atoms with Gasteiger partial charge in [0.15, 0.2) is 0 Å². The van der Waals surface area contributed by atoms with Crippen LogP contribution in [0.5, 0.6) is 0 Å². The van der Waals surface area contributed by atoms with E-state index in [2.05, 4.69) is 42.6 Å². The summed E-state index contributed by atoms with van der Waals surface area (Å²) < 4.78 is 13.1. The van der Waals surface area contributed by atoms with Gasteiger partial charge in [0, 0.05) is 17.9 Å². The molecule has 1 amide bonds. The maximum Gasteiger partial charge on any atom is 0.241 e. The topological polar surface area (TPSA) is 52.9 Å². The largest absolute Gasteiger partial charge is 0.354 e. The third-order valence-electron chi connectivity index (χ3n) is 7.07. The van der Waals surface area contributed by atoms with Gasteiger partial charge in [-0.3, -0.25) is 4.79 Å². The highest BCUT2D eigenvalue weighted by Gasteiger charge is 2.61. The van der Waals surface area contributed by atoms with E-state index in [-0.39, 0.29) is 17.6 Å². The van der Waals surface area contributed by atoms with Crippen LogP contribution in [-0.2, 0) is 16.6 Å². The Balaban J connectivity index is 1.50. The second-order valence-electron chi connectivity index (χ2n) is 8.83. The number of benzene rings is 3. The van der Waals surface area contributed by atoms with Crippen LogP contribution < -0.4 is 5.32 Å². The number of hydrogen-bond acceptors (Lipinski definition) is 2. The van der Waals surface area contributed by atoms with Gasteiger partial charge in [0.05, 0.1) is 6.07 Å². The molecular weight excluding hydrogens is 387 g/mol.